The summed E-state index contributed by atoms with van der Waals surface area (Å²) in [6.07, 6.45) is 0. The summed E-state index contributed by atoms with van der Waals surface area (Å²) in [4.78, 5) is 0.102. The van der Waals surface area contributed by atoms with Crippen LogP contribution in [0.1, 0.15) is 0 Å². The summed E-state index contributed by atoms with van der Waals surface area (Å²) in [5.74, 6) is -0.253. The smallest absolute Gasteiger partial charge is 0.240 e. The molecule has 0 aliphatic carbocycles. The fourth-order valence-corrected chi connectivity index (χ4v) is 2.32. The molecule has 0 aliphatic heterocycles. The first-order valence-electron chi connectivity index (χ1n) is 5.15. The number of benzene rings is 1. The average Bonchev–Trinajstić information content (AvgIpc) is 2.28. The zero-order chi connectivity index (χ0) is 13.6. The summed E-state index contributed by atoms with van der Waals surface area (Å²) < 4.78 is 30.9. The quantitative estimate of drug-likeness (QED) is 0.328. The van der Waals surface area contributed by atoms with Crippen LogP contribution >= 0.6 is 0 Å². The van der Waals surface area contributed by atoms with Crippen LogP contribution < -0.4 is 15.8 Å². The Labute approximate surface area is 106 Å². The third-order valence-corrected chi connectivity index (χ3v) is 3.48. The van der Waals surface area contributed by atoms with Crippen molar-refractivity contribution in [2.75, 3.05) is 25.6 Å². The summed E-state index contributed by atoms with van der Waals surface area (Å²) in [5.41, 5.74) is 5.61. The first-order valence-corrected chi connectivity index (χ1v) is 6.64. The Morgan fingerprint density at radius 1 is 1.50 bits per heavy atom. The van der Waals surface area contributed by atoms with E-state index in [1.807, 2.05) is 0 Å². The SMILES string of the molecule is COCCNS(=O)(=O)c1cccc(NC(=N)N)c1. The molecule has 0 aliphatic rings. The summed E-state index contributed by atoms with van der Waals surface area (Å²) in [7, 11) is -2.08. The molecule has 0 amide bonds. The lowest BCUT2D eigenvalue weighted by Crippen LogP contribution is -2.27. The maximum atomic E-state index is 11.9. The van der Waals surface area contributed by atoms with Gasteiger partial charge in [-0.1, -0.05) is 6.07 Å². The molecule has 1 aromatic rings. The lowest BCUT2D eigenvalue weighted by Gasteiger charge is -2.08. The molecule has 1 aromatic carbocycles. The van der Waals surface area contributed by atoms with Gasteiger partial charge in [0, 0.05) is 19.3 Å². The van der Waals surface area contributed by atoms with Gasteiger partial charge in [0.25, 0.3) is 0 Å². The van der Waals surface area contributed by atoms with Crippen LogP contribution in [0, 0.1) is 5.41 Å². The van der Waals surface area contributed by atoms with E-state index in [-0.39, 0.29) is 17.4 Å². The molecule has 0 heterocycles. The molecule has 18 heavy (non-hydrogen) atoms. The minimum absolute atomic E-state index is 0.102. The van der Waals surface area contributed by atoms with E-state index in [9.17, 15) is 8.42 Å². The number of methoxy groups -OCH3 is 1. The zero-order valence-electron chi connectivity index (χ0n) is 9.93. The largest absolute Gasteiger partial charge is 0.383 e. The predicted molar refractivity (Wildman–Crippen MR) is 69.0 cm³/mol. The van der Waals surface area contributed by atoms with Gasteiger partial charge in [-0.05, 0) is 18.2 Å². The van der Waals surface area contributed by atoms with Crippen molar-refractivity contribution < 1.29 is 13.2 Å². The Hall–Kier alpha value is -1.64. The van der Waals surface area contributed by atoms with E-state index >= 15 is 0 Å². The van der Waals surface area contributed by atoms with Gasteiger partial charge >= 0.3 is 0 Å². The normalized spacial score (nSPS) is 11.2. The lowest BCUT2D eigenvalue weighted by atomic mass is 10.3. The molecule has 0 unspecified atom stereocenters. The number of hydrogen-bond acceptors (Lipinski definition) is 4. The number of nitrogens with one attached hydrogen (secondary N) is 3. The maximum absolute atomic E-state index is 11.9. The average molecular weight is 272 g/mol. The Bertz CT molecular complexity index is 516. The van der Waals surface area contributed by atoms with Gasteiger partial charge < -0.3 is 15.8 Å². The van der Waals surface area contributed by atoms with Crippen LogP contribution in [-0.2, 0) is 14.8 Å². The molecule has 100 valence electrons. The van der Waals surface area contributed by atoms with E-state index < -0.39 is 10.0 Å². The van der Waals surface area contributed by atoms with Gasteiger partial charge in [0.2, 0.25) is 10.0 Å². The highest BCUT2D eigenvalue weighted by molar-refractivity contribution is 7.89. The van der Waals surface area contributed by atoms with Crippen molar-refractivity contribution in [3.8, 4) is 0 Å². The van der Waals surface area contributed by atoms with Crippen LogP contribution in [0.25, 0.3) is 0 Å². The highest BCUT2D eigenvalue weighted by Crippen LogP contribution is 2.14. The molecule has 0 fully saturated rings. The van der Waals surface area contributed by atoms with Gasteiger partial charge in [-0.25, -0.2) is 13.1 Å². The number of anilines is 1. The van der Waals surface area contributed by atoms with Gasteiger partial charge in [-0.2, -0.15) is 0 Å². The monoisotopic (exact) mass is 272 g/mol. The van der Waals surface area contributed by atoms with Crippen LogP contribution in [-0.4, -0.2) is 34.6 Å². The van der Waals surface area contributed by atoms with Gasteiger partial charge in [0.05, 0.1) is 11.5 Å². The van der Waals surface area contributed by atoms with Crippen LogP contribution in [0.3, 0.4) is 0 Å². The first kappa shape index (κ1) is 14.4. The van der Waals surface area contributed by atoms with E-state index in [0.717, 1.165) is 0 Å². The molecule has 0 atom stereocenters. The Balaban J connectivity index is 2.85. The van der Waals surface area contributed by atoms with Crippen LogP contribution in [0.4, 0.5) is 5.69 Å². The van der Waals surface area contributed by atoms with Crippen molar-refractivity contribution in [3.63, 3.8) is 0 Å². The summed E-state index contributed by atoms with van der Waals surface area (Å²) in [6, 6.07) is 6.04. The van der Waals surface area contributed by atoms with Crippen molar-refractivity contribution in [1.82, 2.24) is 4.72 Å². The van der Waals surface area contributed by atoms with Crippen molar-refractivity contribution in [1.29, 1.82) is 5.41 Å². The number of sulfonamides is 1. The van der Waals surface area contributed by atoms with E-state index in [2.05, 4.69) is 10.0 Å². The van der Waals surface area contributed by atoms with Gasteiger partial charge in [0.1, 0.15) is 0 Å². The van der Waals surface area contributed by atoms with E-state index in [1.165, 1.54) is 19.2 Å². The van der Waals surface area contributed by atoms with Gasteiger partial charge in [0.15, 0.2) is 5.96 Å². The maximum Gasteiger partial charge on any atom is 0.240 e. The number of guanidine groups is 1. The topological polar surface area (TPSA) is 117 Å². The van der Waals surface area contributed by atoms with Crippen LogP contribution in [0.2, 0.25) is 0 Å². The fraction of sp³-hybridized carbons (Fsp3) is 0.300. The summed E-state index contributed by atoms with van der Waals surface area (Å²) >= 11 is 0. The molecule has 5 N–H and O–H groups in total. The molecule has 0 bridgehead atoms. The molecule has 7 nitrogen and oxygen atoms in total. The second-order valence-electron chi connectivity index (χ2n) is 3.46. The molecule has 8 heteroatoms. The molecule has 0 saturated carbocycles. The second-order valence-corrected chi connectivity index (χ2v) is 5.22. The van der Waals surface area contributed by atoms with Crippen molar-refractivity contribution in [3.05, 3.63) is 24.3 Å². The molecule has 0 spiro atoms. The minimum atomic E-state index is -3.57. The van der Waals surface area contributed by atoms with E-state index in [0.29, 0.717) is 12.3 Å². The summed E-state index contributed by atoms with van der Waals surface area (Å²) in [5, 5.41) is 9.61. The number of ether oxygens (including phenoxy) is 1. The molecular weight excluding hydrogens is 256 g/mol. The van der Waals surface area contributed by atoms with Crippen LogP contribution in [0.5, 0.6) is 0 Å². The van der Waals surface area contributed by atoms with E-state index in [1.54, 1.807) is 12.1 Å². The van der Waals surface area contributed by atoms with Crippen molar-refractivity contribution >= 4 is 21.7 Å². The van der Waals surface area contributed by atoms with E-state index in [4.69, 9.17) is 15.9 Å². The zero-order valence-corrected chi connectivity index (χ0v) is 10.8. The number of rotatable bonds is 6. The highest BCUT2D eigenvalue weighted by Gasteiger charge is 2.13. The van der Waals surface area contributed by atoms with Gasteiger partial charge in [-0.3, -0.25) is 5.41 Å². The predicted octanol–water partition coefficient (Wildman–Crippen LogP) is -0.0833. The fourth-order valence-electron chi connectivity index (χ4n) is 1.26. The second kappa shape index (κ2) is 6.34. The molecule has 1 rings (SSSR count). The Morgan fingerprint density at radius 3 is 2.83 bits per heavy atom. The third-order valence-electron chi connectivity index (χ3n) is 2.02. The molecule has 0 saturated heterocycles. The van der Waals surface area contributed by atoms with Crippen molar-refractivity contribution in [2.45, 2.75) is 4.90 Å². The molecule has 0 aromatic heterocycles. The Kier molecular flexibility index (Phi) is 5.08. The first-order chi connectivity index (χ1) is 8.45. The highest BCUT2D eigenvalue weighted by atomic mass is 32.2. The molecular formula is C10H16N4O3S. The minimum Gasteiger partial charge on any atom is -0.383 e. The van der Waals surface area contributed by atoms with Crippen molar-refractivity contribution in [2.24, 2.45) is 5.73 Å². The standard InChI is InChI=1S/C10H16N4O3S/c1-17-6-5-13-18(15,16)9-4-2-3-8(7-9)14-10(11)12/h2-4,7,13H,5-6H2,1H3,(H4,11,12,14). The number of hydrogen-bond donors (Lipinski definition) is 4. The lowest BCUT2D eigenvalue weighted by molar-refractivity contribution is 0.204. The van der Waals surface area contributed by atoms with Crippen LogP contribution in [0.15, 0.2) is 29.2 Å². The number of nitrogens with two attached hydrogens (primary N) is 1. The Morgan fingerprint density at radius 2 is 2.22 bits per heavy atom. The van der Waals surface area contributed by atoms with Gasteiger partial charge in [-0.15, -0.1) is 0 Å². The molecule has 0 radical (unpaired) electrons. The third kappa shape index (κ3) is 4.32. The summed E-state index contributed by atoms with van der Waals surface area (Å²) in [6.45, 7) is 0.494.